The van der Waals surface area contributed by atoms with Gasteiger partial charge < -0.3 is 9.30 Å². The van der Waals surface area contributed by atoms with Crippen molar-refractivity contribution in [3.63, 3.8) is 0 Å². The summed E-state index contributed by atoms with van der Waals surface area (Å²) in [4.78, 5) is 8.89. The van der Waals surface area contributed by atoms with Crippen LogP contribution in [0.4, 0.5) is 0 Å². The van der Waals surface area contributed by atoms with Crippen LogP contribution in [0.5, 0.6) is 5.88 Å². The molecule has 3 aromatic heterocycles. The topological polar surface area (TPSA) is 39.9 Å². The van der Waals surface area contributed by atoms with Crippen LogP contribution in [-0.4, -0.2) is 21.6 Å². The Hall–Kier alpha value is -2.59. The molecule has 134 valence electrons. The molecule has 0 saturated heterocycles. The molecule has 0 aliphatic heterocycles. The molecule has 0 atom stereocenters. The van der Waals surface area contributed by atoms with Gasteiger partial charge in [0.2, 0.25) is 5.88 Å². The fourth-order valence-corrected chi connectivity index (χ4v) is 3.18. The molecular weight excluding hydrogens is 346 g/mol. The third-order valence-electron chi connectivity index (χ3n) is 4.16. The van der Waals surface area contributed by atoms with Crippen LogP contribution in [0, 0.1) is 6.92 Å². The van der Waals surface area contributed by atoms with Gasteiger partial charge in [-0.1, -0.05) is 31.5 Å². The van der Waals surface area contributed by atoms with Crippen molar-refractivity contribution >= 4 is 33.5 Å². The summed E-state index contributed by atoms with van der Waals surface area (Å²) in [5, 5.41) is 1.70. The van der Waals surface area contributed by atoms with E-state index in [2.05, 4.69) is 39.8 Å². The number of nitrogens with zero attached hydrogens (tertiary/aromatic N) is 3. The van der Waals surface area contributed by atoms with E-state index in [4.69, 9.17) is 16.3 Å². The Morgan fingerprint density at radius 1 is 1.12 bits per heavy atom. The van der Waals surface area contributed by atoms with Gasteiger partial charge in [0.05, 0.1) is 28.7 Å². The number of ether oxygens (including phenoxy) is 1. The average molecular weight is 368 g/mol. The van der Waals surface area contributed by atoms with Crippen LogP contribution in [0.2, 0.25) is 5.02 Å². The van der Waals surface area contributed by atoms with Crippen LogP contribution in [0.3, 0.4) is 0 Å². The Morgan fingerprint density at radius 3 is 2.69 bits per heavy atom. The van der Waals surface area contributed by atoms with Gasteiger partial charge in [-0.25, -0.2) is 4.98 Å². The highest BCUT2D eigenvalue weighted by Gasteiger charge is 2.09. The van der Waals surface area contributed by atoms with Crippen molar-refractivity contribution in [1.82, 2.24) is 14.5 Å². The van der Waals surface area contributed by atoms with E-state index in [1.54, 1.807) is 13.3 Å². The number of halogens is 1. The molecule has 3 heterocycles. The molecule has 0 N–H and O–H groups in total. The highest BCUT2D eigenvalue weighted by Crippen LogP contribution is 2.24. The Morgan fingerprint density at radius 2 is 1.92 bits per heavy atom. The van der Waals surface area contributed by atoms with E-state index < -0.39 is 0 Å². The van der Waals surface area contributed by atoms with Crippen LogP contribution in [0.1, 0.15) is 25.0 Å². The number of methoxy groups -OCH3 is 1. The predicted molar refractivity (Wildman–Crippen MR) is 108 cm³/mol. The second kappa shape index (κ2) is 7.75. The highest BCUT2D eigenvalue weighted by atomic mass is 35.5. The summed E-state index contributed by atoms with van der Waals surface area (Å²) >= 11 is 6.05. The fourth-order valence-electron chi connectivity index (χ4n) is 3.01. The molecule has 5 heteroatoms. The summed E-state index contributed by atoms with van der Waals surface area (Å²) in [5.74, 6) is 0.634. The van der Waals surface area contributed by atoms with Crippen molar-refractivity contribution in [3.8, 4) is 5.88 Å². The minimum Gasteiger partial charge on any atom is -0.481 e. The monoisotopic (exact) mass is 367 g/mol. The van der Waals surface area contributed by atoms with Crippen LogP contribution in [0.25, 0.3) is 21.9 Å². The first-order valence-corrected chi connectivity index (χ1v) is 9.06. The maximum Gasteiger partial charge on any atom is 0.213 e. The molecular formula is C21H22ClN3O. The molecule has 4 aromatic rings. The smallest absolute Gasteiger partial charge is 0.213 e. The van der Waals surface area contributed by atoms with Crippen LogP contribution >= 0.6 is 11.6 Å². The third-order valence-corrected chi connectivity index (χ3v) is 4.36. The third kappa shape index (κ3) is 3.51. The number of fused-ring (bicyclic) bond motifs is 2. The number of hydrogen-bond acceptors (Lipinski definition) is 3. The molecule has 0 bridgehead atoms. The summed E-state index contributed by atoms with van der Waals surface area (Å²) in [5.41, 5.74) is 5.34. The molecule has 0 aliphatic rings. The molecule has 0 fully saturated rings. The number of benzene rings is 1. The van der Waals surface area contributed by atoms with E-state index in [0.717, 1.165) is 34.0 Å². The maximum absolute atomic E-state index is 6.05. The summed E-state index contributed by atoms with van der Waals surface area (Å²) < 4.78 is 7.43. The van der Waals surface area contributed by atoms with Crippen molar-refractivity contribution in [2.24, 2.45) is 0 Å². The second-order valence-electron chi connectivity index (χ2n) is 5.84. The number of rotatable bonds is 3. The molecule has 0 unspecified atom stereocenters. The van der Waals surface area contributed by atoms with Gasteiger partial charge in [-0.05, 0) is 42.3 Å². The van der Waals surface area contributed by atoms with Crippen molar-refractivity contribution in [3.05, 3.63) is 64.9 Å². The van der Waals surface area contributed by atoms with Crippen molar-refractivity contribution in [1.29, 1.82) is 0 Å². The fraction of sp³-hybridized carbons (Fsp3) is 0.238. The Balaban J connectivity index is 0.000000948. The number of aryl methyl sites for hydroxylation is 1. The number of aromatic nitrogens is 3. The van der Waals surface area contributed by atoms with Gasteiger partial charge in [0.15, 0.2) is 0 Å². The van der Waals surface area contributed by atoms with E-state index in [0.29, 0.717) is 10.9 Å². The largest absolute Gasteiger partial charge is 0.481 e. The molecule has 4 nitrogen and oxygen atoms in total. The van der Waals surface area contributed by atoms with Gasteiger partial charge >= 0.3 is 0 Å². The summed E-state index contributed by atoms with van der Waals surface area (Å²) in [6, 6.07) is 12.1. The number of pyridine rings is 2. The van der Waals surface area contributed by atoms with E-state index in [1.807, 2.05) is 38.1 Å². The normalized spacial score (nSPS) is 10.7. The minimum atomic E-state index is 0.634. The molecule has 0 amide bonds. The molecule has 0 radical (unpaired) electrons. The summed E-state index contributed by atoms with van der Waals surface area (Å²) in [6.45, 7) is 6.83. The van der Waals surface area contributed by atoms with Crippen LogP contribution in [0.15, 0.2) is 48.8 Å². The lowest BCUT2D eigenvalue weighted by atomic mass is 10.1. The lowest BCUT2D eigenvalue weighted by Gasteiger charge is -2.07. The molecule has 0 spiro atoms. The van der Waals surface area contributed by atoms with E-state index in [-0.39, 0.29) is 0 Å². The zero-order chi connectivity index (χ0) is 18.7. The lowest BCUT2D eigenvalue weighted by Crippen LogP contribution is -1.98. The van der Waals surface area contributed by atoms with E-state index >= 15 is 0 Å². The quantitative estimate of drug-likeness (QED) is 0.471. The van der Waals surface area contributed by atoms with E-state index in [9.17, 15) is 0 Å². The van der Waals surface area contributed by atoms with Gasteiger partial charge in [0.25, 0.3) is 0 Å². The highest BCUT2D eigenvalue weighted by molar-refractivity contribution is 6.31. The average Bonchev–Trinajstić information content (AvgIpc) is 2.98. The first kappa shape index (κ1) is 18.2. The molecule has 0 saturated carbocycles. The Labute approximate surface area is 158 Å². The van der Waals surface area contributed by atoms with Gasteiger partial charge in [-0.2, -0.15) is 0 Å². The second-order valence-corrected chi connectivity index (χ2v) is 6.28. The zero-order valence-electron chi connectivity index (χ0n) is 15.5. The Kier molecular flexibility index (Phi) is 5.43. The maximum atomic E-state index is 6.05. The summed E-state index contributed by atoms with van der Waals surface area (Å²) in [6.07, 6.45) is 3.79. The van der Waals surface area contributed by atoms with Gasteiger partial charge in [0, 0.05) is 30.4 Å². The Bertz CT molecular complexity index is 1060. The zero-order valence-corrected chi connectivity index (χ0v) is 16.2. The minimum absolute atomic E-state index is 0.634. The standard InChI is InChI=1S/C19H16ClN3O.C2H6/c1-12-10-23(17-5-6-18(24-2)22-19(12)17)11-13-3-4-16-14(7-13)8-15(20)9-21-16;1-2/h3-10H,11H2,1-2H3;1-2H3. The predicted octanol–water partition coefficient (Wildman–Crippen LogP) is 5.63. The SMILES string of the molecule is CC.COc1ccc2c(n1)c(C)cn2Cc1ccc2ncc(Cl)cc2c1. The van der Waals surface area contributed by atoms with Gasteiger partial charge in [0.1, 0.15) is 0 Å². The van der Waals surface area contributed by atoms with Crippen molar-refractivity contribution in [2.45, 2.75) is 27.3 Å². The van der Waals surface area contributed by atoms with Crippen LogP contribution < -0.4 is 4.74 Å². The summed E-state index contributed by atoms with van der Waals surface area (Å²) in [7, 11) is 1.63. The van der Waals surface area contributed by atoms with Crippen molar-refractivity contribution in [2.75, 3.05) is 7.11 Å². The first-order valence-electron chi connectivity index (χ1n) is 8.69. The van der Waals surface area contributed by atoms with Gasteiger partial charge in [-0.15, -0.1) is 0 Å². The molecule has 0 aliphatic carbocycles. The lowest BCUT2D eigenvalue weighted by molar-refractivity contribution is 0.399. The molecule has 1 aromatic carbocycles. The number of hydrogen-bond donors (Lipinski definition) is 0. The molecule has 26 heavy (non-hydrogen) atoms. The van der Waals surface area contributed by atoms with Crippen LogP contribution in [-0.2, 0) is 6.54 Å². The van der Waals surface area contributed by atoms with Gasteiger partial charge in [-0.3, -0.25) is 4.98 Å². The first-order chi connectivity index (χ1) is 12.6. The van der Waals surface area contributed by atoms with E-state index in [1.165, 1.54) is 5.56 Å². The molecule has 4 rings (SSSR count). The van der Waals surface area contributed by atoms with Crippen molar-refractivity contribution < 1.29 is 4.74 Å².